The smallest absolute Gasteiger partial charge is 0.228 e. The van der Waals surface area contributed by atoms with Crippen LogP contribution >= 0.6 is 69.6 Å². The van der Waals surface area contributed by atoms with Gasteiger partial charge in [-0.2, -0.15) is 0 Å². The number of hydrogen-bond donors (Lipinski definition) is 2. The SMILES string of the molecule is CC(C)(C)C(=O)NC(Nc1c(Cl)cc(Cl)cc1Cl)C(Cl)(Cl)Cl. The Bertz CT molecular complexity index is 542. The minimum Gasteiger partial charge on any atom is -0.359 e. The van der Waals surface area contributed by atoms with Crippen molar-refractivity contribution in [3.63, 3.8) is 0 Å². The fourth-order valence-electron chi connectivity index (χ4n) is 1.37. The molecular formula is C13H14Cl6N2O. The number of hydrogen-bond acceptors (Lipinski definition) is 2. The molecule has 0 bridgehead atoms. The Labute approximate surface area is 159 Å². The third-order valence-corrected chi connectivity index (χ3v) is 4.05. The van der Waals surface area contributed by atoms with Crippen molar-refractivity contribution in [2.45, 2.75) is 30.7 Å². The molecule has 0 saturated heterocycles. The van der Waals surface area contributed by atoms with Crippen LogP contribution in [0.5, 0.6) is 0 Å². The van der Waals surface area contributed by atoms with Crippen LogP contribution in [0.2, 0.25) is 15.1 Å². The van der Waals surface area contributed by atoms with E-state index in [2.05, 4.69) is 10.6 Å². The quantitative estimate of drug-likeness (QED) is 0.465. The molecule has 3 nitrogen and oxygen atoms in total. The maximum absolute atomic E-state index is 12.1. The normalized spacial score (nSPS) is 13.7. The van der Waals surface area contributed by atoms with E-state index in [1.807, 2.05) is 0 Å². The van der Waals surface area contributed by atoms with Crippen molar-refractivity contribution in [1.82, 2.24) is 5.32 Å². The van der Waals surface area contributed by atoms with Gasteiger partial charge in [0.2, 0.25) is 9.70 Å². The van der Waals surface area contributed by atoms with Crippen LogP contribution in [-0.2, 0) is 4.79 Å². The summed E-state index contributed by atoms with van der Waals surface area (Å²) in [5, 5.41) is 6.29. The summed E-state index contributed by atoms with van der Waals surface area (Å²) in [7, 11) is 0. The van der Waals surface area contributed by atoms with Crippen molar-refractivity contribution < 1.29 is 4.79 Å². The lowest BCUT2D eigenvalue weighted by molar-refractivity contribution is -0.129. The molecular weight excluding hydrogens is 413 g/mol. The Balaban J connectivity index is 3.09. The lowest BCUT2D eigenvalue weighted by Crippen LogP contribution is -2.52. The lowest BCUT2D eigenvalue weighted by Gasteiger charge is -2.30. The molecule has 124 valence electrons. The van der Waals surface area contributed by atoms with Crippen LogP contribution in [0.15, 0.2) is 12.1 Å². The van der Waals surface area contributed by atoms with Gasteiger partial charge < -0.3 is 10.6 Å². The van der Waals surface area contributed by atoms with E-state index in [1.165, 1.54) is 12.1 Å². The second-order valence-corrected chi connectivity index (χ2v) is 9.21. The minimum atomic E-state index is -1.83. The van der Waals surface area contributed by atoms with Gasteiger partial charge in [-0.15, -0.1) is 0 Å². The number of benzene rings is 1. The fraction of sp³-hybridized carbons (Fsp3) is 0.462. The highest BCUT2D eigenvalue weighted by molar-refractivity contribution is 6.68. The van der Waals surface area contributed by atoms with Gasteiger partial charge in [-0.05, 0) is 12.1 Å². The van der Waals surface area contributed by atoms with Crippen LogP contribution in [0, 0.1) is 5.41 Å². The Morgan fingerprint density at radius 2 is 1.50 bits per heavy atom. The predicted molar refractivity (Wildman–Crippen MR) is 96.8 cm³/mol. The molecule has 0 spiro atoms. The number of anilines is 1. The first-order valence-corrected chi connectivity index (χ1v) is 8.38. The van der Waals surface area contributed by atoms with Crippen molar-refractivity contribution in [3.05, 3.63) is 27.2 Å². The first-order valence-electron chi connectivity index (χ1n) is 6.11. The largest absolute Gasteiger partial charge is 0.359 e. The number of alkyl halides is 3. The van der Waals surface area contributed by atoms with Crippen LogP contribution in [0.1, 0.15) is 20.8 Å². The molecule has 1 aromatic carbocycles. The highest BCUT2D eigenvalue weighted by Crippen LogP contribution is 2.37. The summed E-state index contributed by atoms with van der Waals surface area (Å²) in [6.07, 6.45) is -1.04. The van der Waals surface area contributed by atoms with Crippen molar-refractivity contribution in [2.75, 3.05) is 5.32 Å². The van der Waals surface area contributed by atoms with Crippen molar-refractivity contribution in [3.8, 4) is 0 Å². The van der Waals surface area contributed by atoms with Crippen molar-refractivity contribution in [2.24, 2.45) is 5.41 Å². The van der Waals surface area contributed by atoms with Crippen LogP contribution < -0.4 is 10.6 Å². The number of carbonyl (C=O) groups excluding carboxylic acids is 1. The van der Waals surface area contributed by atoms with E-state index in [1.54, 1.807) is 20.8 Å². The maximum Gasteiger partial charge on any atom is 0.228 e. The molecule has 0 aliphatic rings. The van der Waals surface area contributed by atoms with E-state index in [4.69, 9.17) is 69.6 Å². The molecule has 22 heavy (non-hydrogen) atoms. The third-order valence-electron chi connectivity index (χ3n) is 2.58. The molecule has 9 heteroatoms. The van der Waals surface area contributed by atoms with E-state index in [9.17, 15) is 4.79 Å². The zero-order valence-corrected chi connectivity index (χ0v) is 16.4. The molecule has 0 heterocycles. The van der Waals surface area contributed by atoms with E-state index >= 15 is 0 Å². The zero-order valence-electron chi connectivity index (χ0n) is 11.9. The van der Waals surface area contributed by atoms with Gasteiger partial charge in [0.05, 0.1) is 15.7 Å². The molecule has 1 atom stereocenters. The summed E-state index contributed by atoms with van der Waals surface area (Å²) in [6, 6.07) is 2.97. The van der Waals surface area contributed by atoms with E-state index in [0.29, 0.717) is 10.7 Å². The van der Waals surface area contributed by atoms with E-state index < -0.39 is 15.4 Å². The van der Waals surface area contributed by atoms with Crippen LogP contribution in [0.3, 0.4) is 0 Å². The molecule has 2 N–H and O–H groups in total. The number of halogens is 6. The van der Waals surface area contributed by atoms with Gasteiger partial charge in [-0.25, -0.2) is 0 Å². The third kappa shape index (κ3) is 5.70. The number of amides is 1. The molecule has 0 aliphatic carbocycles. The summed E-state index contributed by atoms with van der Waals surface area (Å²) >= 11 is 35.8. The van der Waals surface area contributed by atoms with Gasteiger partial charge >= 0.3 is 0 Å². The van der Waals surface area contributed by atoms with Gasteiger partial charge in [-0.3, -0.25) is 4.79 Å². The summed E-state index contributed by atoms with van der Waals surface area (Å²) in [4.78, 5) is 12.1. The molecule has 1 unspecified atom stereocenters. The summed E-state index contributed by atoms with van der Waals surface area (Å²) < 4.78 is -1.83. The van der Waals surface area contributed by atoms with E-state index in [0.717, 1.165) is 0 Å². The van der Waals surface area contributed by atoms with Crippen LogP contribution in [0.25, 0.3) is 0 Å². The monoisotopic (exact) mass is 424 g/mol. The van der Waals surface area contributed by atoms with Gasteiger partial charge in [0.1, 0.15) is 6.17 Å². The Hall–Kier alpha value is 0.230. The molecule has 0 radical (unpaired) electrons. The average molecular weight is 427 g/mol. The van der Waals surface area contributed by atoms with Gasteiger partial charge in [0.15, 0.2) is 0 Å². The number of carbonyl (C=O) groups is 1. The molecule has 1 amide bonds. The topological polar surface area (TPSA) is 41.1 Å². The first-order chi connectivity index (χ1) is 9.82. The second-order valence-electron chi connectivity index (χ2n) is 5.59. The Morgan fingerprint density at radius 1 is 1.05 bits per heavy atom. The molecule has 0 aliphatic heterocycles. The minimum absolute atomic E-state index is 0.238. The standard InChI is InChI=1S/C13H14Cl6N2O/c1-12(2,3)11(22)21-10(13(17,18)19)20-9-7(15)4-6(14)5-8(9)16/h4-5,10,20H,1-3H3,(H,21,22). The highest BCUT2D eigenvalue weighted by atomic mass is 35.6. The number of nitrogens with one attached hydrogen (secondary N) is 2. The predicted octanol–water partition coefficient (Wildman–Crippen LogP) is 5.92. The summed E-state index contributed by atoms with van der Waals surface area (Å²) in [6.45, 7) is 5.21. The van der Waals surface area contributed by atoms with Gasteiger partial charge in [-0.1, -0.05) is 90.4 Å². The van der Waals surface area contributed by atoms with Crippen molar-refractivity contribution in [1.29, 1.82) is 0 Å². The van der Waals surface area contributed by atoms with E-state index in [-0.39, 0.29) is 16.0 Å². The first kappa shape index (κ1) is 20.3. The molecule has 0 fully saturated rings. The Morgan fingerprint density at radius 3 is 1.86 bits per heavy atom. The molecule has 0 aromatic heterocycles. The number of rotatable bonds is 3. The fourth-order valence-corrected chi connectivity index (χ4v) is 2.63. The zero-order chi connectivity index (χ0) is 17.3. The van der Waals surface area contributed by atoms with Crippen LogP contribution in [-0.4, -0.2) is 15.9 Å². The molecule has 1 aromatic rings. The summed E-state index contributed by atoms with van der Waals surface area (Å²) in [5.74, 6) is -0.308. The molecule has 0 saturated carbocycles. The second kappa shape index (κ2) is 7.42. The van der Waals surface area contributed by atoms with Gasteiger partial charge in [0.25, 0.3) is 0 Å². The lowest BCUT2D eigenvalue weighted by atomic mass is 9.95. The van der Waals surface area contributed by atoms with Gasteiger partial charge in [0, 0.05) is 10.4 Å². The van der Waals surface area contributed by atoms with Crippen LogP contribution in [0.4, 0.5) is 5.69 Å². The van der Waals surface area contributed by atoms with Crippen molar-refractivity contribution >= 4 is 81.2 Å². The maximum atomic E-state index is 12.1. The summed E-state index contributed by atoms with van der Waals surface area (Å²) in [5.41, 5.74) is -0.359. The highest BCUT2D eigenvalue weighted by Gasteiger charge is 2.37. The average Bonchev–Trinajstić information content (AvgIpc) is 2.28. The molecule has 1 rings (SSSR count). The Kier molecular flexibility index (Phi) is 6.83.